The van der Waals surface area contributed by atoms with Crippen LogP contribution < -0.4 is 24.8 Å². The van der Waals surface area contributed by atoms with Crippen LogP contribution >= 0.6 is 0 Å². The van der Waals surface area contributed by atoms with Gasteiger partial charge in [0.1, 0.15) is 0 Å². The van der Waals surface area contributed by atoms with E-state index in [0.717, 1.165) is 6.54 Å². The Labute approximate surface area is 155 Å². The molecule has 0 spiro atoms. The molecule has 0 amide bonds. The number of aromatic nitrogens is 1. The molecule has 0 N–H and O–H groups in total. The van der Waals surface area contributed by atoms with E-state index in [1.165, 1.54) is 47.5 Å². The zero-order valence-electron chi connectivity index (χ0n) is 14.2. The van der Waals surface area contributed by atoms with Crippen molar-refractivity contribution in [3.63, 3.8) is 0 Å². The fraction of sp³-hybridized carbons (Fsp3) is 0.688. The minimum Gasteiger partial charge on any atom is -1.00 e. The summed E-state index contributed by atoms with van der Waals surface area (Å²) in [5.41, 5.74) is 6.87. The molecule has 2 rings (SSSR count). The van der Waals surface area contributed by atoms with E-state index in [1.54, 1.807) is 0 Å². The Kier molecular flexibility index (Phi) is 9.90. The molecule has 1 unspecified atom stereocenters. The predicted molar refractivity (Wildman–Crippen MR) is 77.0 cm³/mol. The molecule has 0 aliphatic carbocycles. The molecule has 1 fully saturated rings. The average molecular weight is 383 g/mol. The van der Waals surface area contributed by atoms with E-state index in [1.807, 2.05) is 0 Å². The van der Waals surface area contributed by atoms with Gasteiger partial charge in [0.25, 0.3) is 0 Å². The average Bonchev–Trinajstić information content (AvgIpc) is 2.68. The molecule has 2 nitrogen and oxygen atoms in total. The summed E-state index contributed by atoms with van der Waals surface area (Å²) in [5.74, 6) is 0. The number of likely N-dealkylation sites (tertiary alicyclic amines) is 1. The second-order valence-corrected chi connectivity index (χ2v) is 5.86. The van der Waals surface area contributed by atoms with Gasteiger partial charge in [-0.25, -0.2) is 0 Å². The maximum atomic E-state index is 4.77. The SMILES string of the molecule is CCN1CCCC1(C)c1c(C)nc(C)c(C)c1C.[Cl-].[Cl-].[Zn+2]. The zero-order valence-corrected chi connectivity index (χ0v) is 18.7. The van der Waals surface area contributed by atoms with Crippen molar-refractivity contribution < 1.29 is 44.3 Å². The topological polar surface area (TPSA) is 16.1 Å². The van der Waals surface area contributed by atoms with Crippen LogP contribution in [-0.2, 0) is 25.0 Å². The second-order valence-electron chi connectivity index (χ2n) is 5.86. The number of hydrogen-bond donors (Lipinski definition) is 0. The van der Waals surface area contributed by atoms with E-state index in [0.29, 0.717) is 0 Å². The van der Waals surface area contributed by atoms with Crippen LogP contribution in [0, 0.1) is 27.7 Å². The summed E-state index contributed by atoms with van der Waals surface area (Å²) in [4.78, 5) is 7.38. The molecule has 1 aliphatic rings. The van der Waals surface area contributed by atoms with Crippen LogP contribution in [0.2, 0.25) is 0 Å². The Bertz CT molecular complexity index is 480. The van der Waals surface area contributed by atoms with Gasteiger partial charge in [-0.05, 0) is 77.2 Å². The van der Waals surface area contributed by atoms with Crippen LogP contribution in [0.25, 0.3) is 0 Å². The third-order valence-corrected chi connectivity index (χ3v) is 4.89. The molecule has 1 atom stereocenters. The van der Waals surface area contributed by atoms with Gasteiger partial charge in [-0.3, -0.25) is 9.88 Å². The molecule has 0 saturated carbocycles. The quantitative estimate of drug-likeness (QED) is 0.533. The zero-order chi connectivity index (χ0) is 13.5. The van der Waals surface area contributed by atoms with Crippen LogP contribution in [-0.4, -0.2) is 23.0 Å². The van der Waals surface area contributed by atoms with Gasteiger partial charge < -0.3 is 24.8 Å². The molecular formula is C16H26Cl2N2Zn. The first-order valence-electron chi connectivity index (χ1n) is 7.11. The first kappa shape index (κ1) is 23.6. The fourth-order valence-corrected chi connectivity index (χ4v) is 3.72. The predicted octanol–water partition coefficient (Wildman–Crippen LogP) is -2.35. The summed E-state index contributed by atoms with van der Waals surface area (Å²) >= 11 is 0. The number of rotatable bonds is 2. The number of pyridine rings is 1. The van der Waals surface area contributed by atoms with Crippen LogP contribution in [0.3, 0.4) is 0 Å². The summed E-state index contributed by atoms with van der Waals surface area (Å²) < 4.78 is 0. The Morgan fingerprint density at radius 2 is 1.62 bits per heavy atom. The molecule has 2 heterocycles. The third kappa shape index (κ3) is 3.99. The molecular weight excluding hydrogens is 356 g/mol. The van der Waals surface area contributed by atoms with Crippen molar-refractivity contribution >= 4 is 0 Å². The number of aryl methyl sites for hydroxylation is 2. The van der Waals surface area contributed by atoms with E-state index < -0.39 is 0 Å². The van der Waals surface area contributed by atoms with E-state index in [2.05, 4.69) is 46.4 Å². The van der Waals surface area contributed by atoms with E-state index >= 15 is 0 Å². The Hall–Kier alpha value is 0.313. The van der Waals surface area contributed by atoms with E-state index in [4.69, 9.17) is 4.98 Å². The molecule has 1 aromatic rings. The molecule has 0 aromatic carbocycles. The van der Waals surface area contributed by atoms with Gasteiger partial charge in [-0.2, -0.15) is 0 Å². The summed E-state index contributed by atoms with van der Waals surface area (Å²) in [6.45, 7) is 15.8. The van der Waals surface area contributed by atoms with Crippen LogP contribution in [0.15, 0.2) is 0 Å². The summed E-state index contributed by atoms with van der Waals surface area (Å²) in [6.07, 6.45) is 2.56. The molecule has 5 heteroatoms. The summed E-state index contributed by atoms with van der Waals surface area (Å²) in [6, 6.07) is 0. The van der Waals surface area contributed by atoms with Gasteiger partial charge in [0.15, 0.2) is 0 Å². The van der Waals surface area contributed by atoms with Gasteiger partial charge in [-0.1, -0.05) is 6.92 Å². The molecule has 116 valence electrons. The van der Waals surface area contributed by atoms with Crippen molar-refractivity contribution in [2.75, 3.05) is 13.1 Å². The van der Waals surface area contributed by atoms with Crippen molar-refractivity contribution in [2.45, 2.75) is 59.9 Å². The first-order chi connectivity index (χ1) is 8.41. The Morgan fingerprint density at radius 3 is 2.14 bits per heavy atom. The molecule has 1 aromatic heterocycles. The van der Waals surface area contributed by atoms with Crippen LogP contribution in [0.4, 0.5) is 0 Å². The number of nitrogens with zero attached hydrogens (tertiary/aromatic N) is 2. The molecule has 1 aliphatic heterocycles. The number of hydrogen-bond acceptors (Lipinski definition) is 2. The van der Waals surface area contributed by atoms with Crippen LogP contribution in [0.1, 0.15) is 54.8 Å². The van der Waals surface area contributed by atoms with Gasteiger partial charge in [0, 0.05) is 16.9 Å². The Balaban J connectivity index is 0. The van der Waals surface area contributed by atoms with E-state index in [9.17, 15) is 0 Å². The maximum absolute atomic E-state index is 4.77. The molecule has 1 saturated heterocycles. The van der Waals surface area contributed by atoms with Crippen molar-refractivity contribution in [1.29, 1.82) is 0 Å². The van der Waals surface area contributed by atoms with Crippen molar-refractivity contribution in [1.82, 2.24) is 9.88 Å². The van der Waals surface area contributed by atoms with Gasteiger partial charge in [0.05, 0.1) is 0 Å². The second kappa shape index (κ2) is 8.82. The minimum absolute atomic E-state index is 0. The monoisotopic (exact) mass is 380 g/mol. The molecule has 21 heavy (non-hydrogen) atoms. The first-order valence-corrected chi connectivity index (χ1v) is 7.11. The minimum atomic E-state index is 0. The van der Waals surface area contributed by atoms with Crippen molar-refractivity contribution in [2.24, 2.45) is 0 Å². The van der Waals surface area contributed by atoms with Crippen LogP contribution in [0.5, 0.6) is 0 Å². The van der Waals surface area contributed by atoms with Gasteiger partial charge >= 0.3 is 19.5 Å². The van der Waals surface area contributed by atoms with Crippen molar-refractivity contribution in [3.05, 3.63) is 28.1 Å². The molecule has 0 radical (unpaired) electrons. The maximum Gasteiger partial charge on any atom is 2.00 e. The van der Waals surface area contributed by atoms with Crippen molar-refractivity contribution in [3.8, 4) is 0 Å². The van der Waals surface area contributed by atoms with Gasteiger partial charge in [0.2, 0.25) is 0 Å². The summed E-state index contributed by atoms with van der Waals surface area (Å²) in [7, 11) is 0. The number of halogens is 2. The largest absolute Gasteiger partial charge is 2.00 e. The fourth-order valence-electron chi connectivity index (χ4n) is 3.72. The standard InChI is InChI=1S/C16H26N2.2ClH.Zn/c1-7-18-10-8-9-16(18,6)15-12(3)11(2)13(4)17-14(15)5;;;/h7-10H2,1-6H3;2*1H;/q;;;+2/p-2. The normalized spacial score (nSPS) is 21.2. The molecule has 0 bridgehead atoms. The van der Waals surface area contributed by atoms with Gasteiger partial charge in [-0.15, -0.1) is 0 Å². The summed E-state index contributed by atoms with van der Waals surface area (Å²) in [5, 5.41) is 0. The smallest absolute Gasteiger partial charge is 1.00 e. The Morgan fingerprint density at radius 1 is 1.05 bits per heavy atom. The van der Waals surface area contributed by atoms with E-state index in [-0.39, 0.29) is 49.8 Å². The third-order valence-electron chi connectivity index (χ3n) is 4.89.